The van der Waals surface area contributed by atoms with Crippen LogP contribution in [-0.2, 0) is 5.75 Å². The molecule has 8 nitrogen and oxygen atoms in total. The first-order valence-electron chi connectivity index (χ1n) is 6.22. The predicted octanol–water partition coefficient (Wildman–Crippen LogP) is 1.20. The molecule has 0 fully saturated rings. The summed E-state index contributed by atoms with van der Waals surface area (Å²) >= 11 is 2.78. The van der Waals surface area contributed by atoms with Crippen molar-refractivity contribution in [3.05, 3.63) is 27.6 Å². The molecule has 0 aliphatic carbocycles. The van der Waals surface area contributed by atoms with E-state index in [-0.39, 0.29) is 11.6 Å². The van der Waals surface area contributed by atoms with Gasteiger partial charge in [0.2, 0.25) is 10.9 Å². The third kappa shape index (κ3) is 2.63. The van der Waals surface area contributed by atoms with E-state index >= 15 is 0 Å². The van der Waals surface area contributed by atoms with Crippen molar-refractivity contribution in [3.63, 3.8) is 0 Å². The molecule has 21 heavy (non-hydrogen) atoms. The second-order valence-electron chi connectivity index (χ2n) is 4.61. The third-order valence-corrected chi connectivity index (χ3v) is 4.45. The maximum absolute atomic E-state index is 11.9. The molecule has 10 heteroatoms. The number of hydrogen-bond donors (Lipinski definition) is 1. The summed E-state index contributed by atoms with van der Waals surface area (Å²) in [7, 11) is 0. The zero-order valence-electron chi connectivity index (χ0n) is 11.4. The normalized spacial score (nSPS) is 11.6. The first kappa shape index (κ1) is 14.0. The predicted molar refractivity (Wildman–Crippen MR) is 81.5 cm³/mol. The van der Waals surface area contributed by atoms with E-state index in [1.807, 2.05) is 18.4 Å². The monoisotopic (exact) mass is 323 g/mol. The zero-order valence-corrected chi connectivity index (χ0v) is 13.1. The average molecular weight is 323 g/mol. The Morgan fingerprint density at radius 2 is 2.24 bits per heavy atom. The van der Waals surface area contributed by atoms with Crippen LogP contribution in [-0.4, -0.2) is 29.4 Å². The average Bonchev–Trinajstić information content (AvgIpc) is 3.02. The molecule has 0 saturated carbocycles. The molecule has 0 spiro atoms. The van der Waals surface area contributed by atoms with Gasteiger partial charge in [-0.25, -0.2) is 4.98 Å². The van der Waals surface area contributed by atoms with Crippen LogP contribution in [0.2, 0.25) is 0 Å². The molecule has 0 aromatic carbocycles. The molecule has 3 rings (SSSR count). The minimum Gasteiger partial charge on any atom is -0.368 e. The van der Waals surface area contributed by atoms with E-state index in [2.05, 4.69) is 20.3 Å². The number of nitrogen functional groups attached to an aromatic ring is 1. The summed E-state index contributed by atoms with van der Waals surface area (Å²) in [6, 6.07) is 1.66. The van der Waals surface area contributed by atoms with Crippen LogP contribution in [0, 0.1) is 0 Å². The van der Waals surface area contributed by atoms with Crippen LogP contribution in [0.3, 0.4) is 0 Å². The molecule has 0 unspecified atom stereocenters. The lowest BCUT2D eigenvalue weighted by atomic mass is 10.4. The molecule has 110 valence electrons. The van der Waals surface area contributed by atoms with E-state index in [0.717, 1.165) is 0 Å². The molecule has 0 amide bonds. The van der Waals surface area contributed by atoms with E-state index in [9.17, 15) is 4.79 Å². The SMILES string of the molecule is CC(C)n1c(N)nnc1SCc1cc(=O)n2ncsc2n1. The Hall–Kier alpha value is -1.94. The van der Waals surface area contributed by atoms with Crippen molar-refractivity contribution in [1.82, 2.24) is 29.4 Å². The molecule has 0 aliphatic heterocycles. The van der Waals surface area contributed by atoms with Crippen molar-refractivity contribution >= 4 is 34.0 Å². The van der Waals surface area contributed by atoms with Crippen LogP contribution in [0.1, 0.15) is 25.6 Å². The lowest BCUT2D eigenvalue weighted by Crippen LogP contribution is -2.14. The maximum Gasteiger partial charge on any atom is 0.275 e. The van der Waals surface area contributed by atoms with Crippen LogP contribution >= 0.6 is 23.1 Å². The summed E-state index contributed by atoms with van der Waals surface area (Å²) in [5.41, 5.74) is 7.90. The van der Waals surface area contributed by atoms with Crippen molar-refractivity contribution in [1.29, 1.82) is 0 Å². The van der Waals surface area contributed by atoms with E-state index in [1.165, 1.54) is 33.7 Å². The van der Waals surface area contributed by atoms with Gasteiger partial charge in [-0.05, 0) is 13.8 Å². The Morgan fingerprint density at radius 1 is 1.43 bits per heavy atom. The summed E-state index contributed by atoms with van der Waals surface area (Å²) in [5.74, 6) is 0.910. The number of fused-ring (bicyclic) bond motifs is 1. The molecule has 0 radical (unpaired) electrons. The van der Waals surface area contributed by atoms with Gasteiger partial charge >= 0.3 is 0 Å². The molecule has 2 N–H and O–H groups in total. The van der Waals surface area contributed by atoms with Crippen LogP contribution in [0.5, 0.6) is 0 Å². The van der Waals surface area contributed by atoms with Crippen molar-refractivity contribution < 1.29 is 0 Å². The second-order valence-corrected chi connectivity index (χ2v) is 6.37. The zero-order chi connectivity index (χ0) is 15.0. The van der Waals surface area contributed by atoms with Gasteiger partial charge in [0.1, 0.15) is 5.51 Å². The van der Waals surface area contributed by atoms with Crippen molar-refractivity contribution in [2.45, 2.75) is 30.8 Å². The molecule has 0 aliphatic rings. The molecular formula is C11H13N7OS2. The quantitative estimate of drug-likeness (QED) is 0.719. The number of thioether (sulfide) groups is 1. The third-order valence-electron chi connectivity index (χ3n) is 2.80. The van der Waals surface area contributed by atoms with Crippen LogP contribution < -0.4 is 11.3 Å². The van der Waals surface area contributed by atoms with Gasteiger partial charge in [0.05, 0.1) is 5.69 Å². The number of nitrogens with zero attached hydrogens (tertiary/aromatic N) is 6. The second kappa shape index (κ2) is 5.45. The van der Waals surface area contributed by atoms with E-state index in [0.29, 0.717) is 27.5 Å². The van der Waals surface area contributed by atoms with Gasteiger partial charge < -0.3 is 5.73 Å². The largest absolute Gasteiger partial charge is 0.368 e. The van der Waals surface area contributed by atoms with E-state index < -0.39 is 0 Å². The van der Waals surface area contributed by atoms with Crippen LogP contribution in [0.4, 0.5) is 5.95 Å². The summed E-state index contributed by atoms with van der Waals surface area (Å²) < 4.78 is 3.14. The van der Waals surface area contributed by atoms with Crippen LogP contribution in [0.15, 0.2) is 21.5 Å². The Morgan fingerprint density at radius 3 is 3.00 bits per heavy atom. The fourth-order valence-electron chi connectivity index (χ4n) is 1.89. The number of nitrogens with two attached hydrogens (primary N) is 1. The highest BCUT2D eigenvalue weighted by molar-refractivity contribution is 7.98. The summed E-state index contributed by atoms with van der Waals surface area (Å²) in [6.07, 6.45) is 0. The number of rotatable bonds is 4. The van der Waals surface area contributed by atoms with Crippen molar-refractivity contribution in [2.24, 2.45) is 0 Å². The highest BCUT2D eigenvalue weighted by atomic mass is 32.2. The topological polar surface area (TPSA) is 104 Å². The minimum absolute atomic E-state index is 0.171. The standard InChI is InChI=1S/C11H13N7OS2/c1-6(2)17-9(12)15-16-11(17)20-4-7-3-8(19)18-10(14-7)21-5-13-18/h3,5-6H,4H2,1-2H3,(H2,12,15). The van der Waals surface area contributed by atoms with Gasteiger partial charge in [-0.2, -0.15) is 9.61 Å². The van der Waals surface area contributed by atoms with Crippen molar-refractivity contribution in [2.75, 3.05) is 5.73 Å². The Kier molecular flexibility index (Phi) is 3.64. The molecule has 3 aromatic heterocycles. The molecular weight excluding hydrogens is 310 g/mol. The molecule has 0 atom stereocenters. The van der Waals surface area contributed by atoms with E-state index in [4.69, 9.17) is 5.73 Å². The highest BCUT2D eigenvalue weighted by Crippen LogP contribution is 2.25. The Bertz CT molecular complexity index is 835. The lowest BCUT2D eigenvalue weighted by Gasteiger charge is -2.10. The minimum atomic E-state index is -0.179. The highest BCUT2D eigenvalue weighted by Gasteiger charge is 2.14. The summed E-state index contributed by atoms with van der Waals surface area (Å²) in [5, 5.41) is 12.6. The first-order valence-corrected chi connectivity index (χ1v) is 8.08. The van der Waals surface area contributed by atoms with Gasteiger partial charge in [0, 0.05) is 17.9 Å². The molecule has 3 aromatic rings. The fraction of sp³-hybridized carbons (Fsp3) is 0.364. The van der Waals surface area contributed by atoms with Gasteiger partial charge in [-0.3, -0.25) is 9.36 Å². The van der Waals surface area contributed by atoms with Gasteiger partial charge in [-0.1, -0.05) is 23.1 Å². The maximum atomic E-state index is 11.9. The van der Waals surface area contributed by atoms with Gasteiger partial charge in [0.25, 0.3) is 5.56 Å². The Labute approximate surface area is 128 Å². The first-order chi connectivity index (χ1) is 10.1. The van der Waals surface area contributed by atoms with Gasteiger partial charge in [-0.15, -0.1) is 10.2 Å². The Balaban J connectivity index is 1.85. The number of anilines is 1. The molecule has 0 bridgehead atoms. The lowest BCUT2D eigenvalue weighted by molar-refractivity contribution is 0.557. The molecule has 3 heterocycles. The smallest absolute Gasteiger partial charge is 0.275 e. The number of hydrogen-bond acceptors (Lipinski definition) is 8. The van der Waals surface area contributed by atoms with Gasteiger partial charge in [0.15, 0.2) is 5.16 Å². The fourth-order valence-corrected chi connectivity index (χ4v) is 3.49. The molecule has 0 saturated heterocycles. The number of aromatic nitrogens is 6. The van der Waals surface area contributed by atoms with Crippen LogP contribution in [0.25, 0.3) is 4.96 Å². The summed E-state index contributed by atoms with van der Waals surface area (Å²) in [6.45, 7) is 4.02. The van der Waals surface area contributed by atoms with Crippen molar-refractivity contribution in [3.8, 4) is 0 Å². The summed E-state index contributed by atoms with van der Waals surface area (Å²) in [4.78, 5) is 16.8. The van der Waals surface area contributed by atoms with E-state index in [1.54, 1.807) is 5.51 Å².